The lowest BCUT2D eigenvalue weighted by Gasteiger charge is -2.33. The van der Waals surface area contributed by atoms with Gasteiger partial charge in [0, 0.05) is 19.0 Å². The van der Waals surface area contributed by atoms with Crippen LogP contribution in [0.15, 0.2) is 54.6 Å². The highest BCUT2D eigenvalue weighted by Gasteiger charge is 2.26. The third kappa shape index (κ3) is 2.97. The van der Waals surface area contributed by atoms with E-state index in [1.807, 2.05) is 18.2 Å². The van der Waals surface area contributed by atoms with Crippen molar-refractivity contribution in [1.82, 2.24) is 4.90 Å². The molecule has 1 atom stereocenters. The largest absolute Gasteiger partial charge is 0.338 e. The van der Waals surface area contributed by atoms with E-state index in [1.165, 1.54) is 11.6 Å². The van der Waals surface area contributed by atoms with Gasteiger partial charge in [0.05, 0.1) is 5.56 Å². The van der Waals surface area contributed by atoms with Crippen LogP contribution < -0.4 is 0 Å². The quantitative estimate of drug-likeness (QED) is 0.820. The van der Waals surface area contributed by atoms with Crippen LogP contribution in [0.1, 0.15) is 34.7 Å². The standard InChI is InChI=1S/C18H18FNO/c19-17-11-5-4-10-16(17)18(21)20-12-6-9-15(13-20)14-7-2-1-3-8-14/h1-5,7-8,10-11,15H,6,9,12-13H2/t15-/m1/s1. The zero-order valence-corrected chi connectivity index (χ0v) is 11.8. The molecule has 108 valence electrons. The van der Waals surface area contributed by atoms with Gasteiger partial charge in [-0.2, -0.15) is 0 Å². The highest BCUT2D eigenvalue weighted by atomic mass is 19.1. The van der Waals surface area contributed by atoms with Crippen LogP contribution in [0, 0.1) is 5.82 Å². The maximum absolute atomic E-state index is 13.8. The molecule has 0 spiro atoms. The van der Waals surface area contributed by atoms with Crippen molar-refractivity contribution in [2.75, 3.05) is 13.1 Å². The van der Waals surface area contributed by atoms with Crippen LogP contribution in [-0.2, 0) is 0 Å². The van der Waals surface area contributed by atoms with E-state index in [0.717, 1.165) is 12.8 Å². The minimum absolute atomic E-state index is 0.172. The molecule has 0 N–H and O–H groups in total. The predicted octanol–water partition coefficient (Wildman–Crippen LogP) is 3.85. The van der Waals surface area contributed by atoms with Gasteiger partial charge in [-0.05, 0) is 30.5 Å². The summed E-state index contributed by atoms with van der Waals surface area (Å²) in [5.41, 5.74) is 1.43. The summed E-state index contributed by atoms with van der Waals surface area (Å²) in [7, 11) is 0. The van der Waals surface area contributed by atoms with Crippen molar-refractivity contribution in [3.63, 3.8) is 0 Å². The molecule has 0 aliphatic carbocycles. The fraction of sp³-hybridized carbons (Fsp3) is 0.278. The third-order valence-electron chi connectivity index (χ3n) is 4.08. The van der Waals surface area contributed by atoms with Crippen molar-refractivity contribution in [2.45, 2.75) is 18.8 Å². The number of nitrogens with zero attached hydrogens (tertiary/aromatic N) is 1. The maximum Gasteiger partial charge on any atom is 0.256 e. The number of carbonyl (C=O) groups is 1. The van der Waals surface area contributed by atoms with Crippen molar-refractivity contribution in [1.29, 1.82) is 0 Å². The summed E-state index contributed by atoms with van der Waals surface area (Å²) < 4.78 is 13.8. The summed E-state index contributed by atoms with van der Waals surface area (Å²) in [6, 6.07) is 16.4. The predicted molar refractivity (Wildman–Crippen MR) is 80.7 cm³/mol. The Morgan fingerprint density at radius 1 is 1.05 bits per heavy atom. The molecule has 0 unspecified atom stereocenters. The van der Waals surface area contributed by atoms with Gasteiger partial charge in [0.25, 0.3) is 5.91 Å². The molecule has 1 aliphatic rings. The van der Waals surface area contributed by atoms with Crippen LogP contribution in [-0.4, -0.2) is 23.9 Å². The molecule has 1 fully saturated rings. The Kier molecular flexibility index (Phi) is 4.00. The highest BCUT2D eigenvalue weighted by molar-refractivity contribution is 5.94. The van der Waals surface area contributed by atoms with Gasteiger partial charge in [-0.1, -0.05) is 42.5 Å². The summed E-state index contributed by atoms with van der Waals surface area (Å²) in [5.74, 6) is -0.297. The molecular weight excluding hydrogens is 265 g/mol. The molecule has 1 aliphatic heterocycles. The normalized spacial score (nSPS) is 18.5. The molecule has 2 aromatic carbocycles. The molecule has 0 bridgehead atoms. The van der Waals surface area contributed by atoms with Crippen LogP contribution in [0.4, 0.5) is 4.39 Å². The van der Waals surface area contributed by atoms with Crippen molar-refractivity contribution < 1.29 is 9.18 Å². The van der Waals surface area contributed by atoms with Crippen LogP contribution in [0.25, 0.3) is 0 Å². The van der Waals surface area contributed by atoms with Gasteiger partial charge in [0.15, 0.2) is 0 Å². The Hall–Kier alpha value is -2.16. The summed E-state index contributed by atoms with van der Waals surface area (Å²) in [6.45, 7) is 1.37. The topological polar surface area (TPSA) is 20.3 Å². The zero-order chi connectivity index (χ0) is 14.7. The monoisotopic (exact) mass is 283 g/mol. The molecule has 2 nitrogen and oxygen atoms in total. The molecular formula is C18H18FNO. The summed E-state index contributed by atoms with van der Waals surface area (Å²) in [5, 5.41) is 0. The smallest absolute Gasteiger partial charge is 0.256 e. The van der Waals surface area contributed by atoms with Gasteiger partial charge in [-0.25, -0.2) is 4.39 Å². The Bertz CT molecular complexity index is 626. The number of hydrogen-bond donors (Lipinski definition) is 0. The average molecular weight is 283 g/mol. The summed E-state index contributed by atoms with van der Waals surface area (Å²) in [4.78, 5) is 14.3. The second-order valence-corrected chi connectivity index (χ2v) is 5.48. The first-order chi connectivity index (χ1) is 10.3. The van der Waals surface area contributed by atoms with Crippen LogP contribution in [0.3, 0.4) is 0 Å². The van der Waals surface area contributed by atoms with Gasteiger partial charge in [0.2, 0.25) is 0 Å². The van der Waals surface area contributed by atoms with Gasteiger partial charge in [0.1, 0.15) is 5.82 Å². The van der Waals surface area contributed by atoms with E-state index in [-0.39, 0.29) is 11.5 Å². The maximum atomic E-state index is 13.8. The number of piperidine rings is 1. The first-order valence-electron chi connectivity index (χ1n) is 7.34. The summed E-state index contributed by atoms with van der Waals surface area (Å²) in [6.07, 6.45) is 2.03. The molecule has 3 rings (SSSR count). The van der Waals surface area contributed by atoms with Gasteiger partial charge < -0.3 is 4.90 Å². The van der Waals surface area contributed by atoms with E-state index in [4.69, 9.17) is 0 Å². The fourth-order valence-corrected chi connectivity index (χ4v) is 2.96. The Labute approximate surface area is 124 Å². The van der Waals surface area contributed by atoms with E-state index >= 15 is 0 Å². The van der Waals surface area contributed by atoms with Crippen molar-refractivity contribution in [3.05, 3.63) is 71.5 Å². The van der Waals surface area contributed by atoms with Crippen molar-refractivity contribution in [3.8, 4) is 0 Å². The third-order valence-corrected chi connectivity index (χ3v) is 4.08. The highest BCUT2D eigenvalue weighted by Crippen LogP contribution is 2.27. The Morgan fingerprint density at radius 3 is 2.52 bits per heavy atom. The van der Waals surface area contributed by atoms with Gasteiger partial charge in [-0.15, -0.1) is 0 Å². The fourth-order valence-electron chi connectivity index (χ4n) is 2.96. The number of hydrogen-bond acceptors (Lipinski definition) is 1. The van der Waals surface area contributed by atoms with Gasteiger partial charge in [-0.3, -0.25) is 4.79 Å². The van der Waals surface area contributed by atoms with Gasteiger partial charge >= 0.3 is 0 Å². The number of amides is 1. The van der Waals surface area contributed by atoms with Crippen molar-refractivity contribution in [2.24, 2.45) is 0 Å². The molecule has 3 heteroatoms. The molecule has 0 radical (unpaired) electrons. The molecule has 0 aromatic heterocycles. The number of likely N-dealkylation sites (tertiary alicyclic amines) is 1. The van der Waals surface area contributed by atoms with Crippen LogP contribution in [0.2, 0.25) is 0 Å². The minimum atomic E-state index is -0.440. The molecule has 2 aromatic rings. The van der Waals surface area contributed by atoms with Crippen LogP contribution >= 0.6 is 0 Å². The second kappa shape index (κ2) is 6.08. The lowest BCUT2D eigenvalue weighted by molar-refractivity contribution is 0.0702. The zero-order valence-electron chi connectivity index (χ0n) is 11.8. The van der Waals surface area contributed by atoms with Crippen molar-refractivity contribution >= 4 is 5.91 Å². The van der Waals surface area contributed by atoms with E-state index in [1.54, 1.807) is 23.1 Å². The Morgan fingerprint density at radius 2 is 1.76 bits per heavy atom. The van der Waals surface area contributed by atoms with E-state index in [0.29, 0.717) is 19.0 Å². The number of rotatable bonds is 2. The van der Waals surface area contributed by atoms with E-state index < -0.39 is 5.82 Å². The molecule has 21 heavy (non-hydrogen) atoms. The number of carbonyl (C=O) groups excluding carboxylic acids is 1. The molecule has 1 saturated heterocycles. The number of benzene rings is 2. The molecule has 1 amide bonds. The Balaban J connectivity index is 1.77. The van der Waals surface area contributed by atoms with Crippen LogP contribution in [0.5, 0.6) is 0 Å². The number of halogens is 1. The summed E-state index contributed by atoms with van der Waals surface area (Å²) >= 11 is 0. The lowest BCUT2D eigenvalue weighted by atomic mass is 9.90. The SMILES string of the molecule is O=C(c1ccccc1F)N1CCC[C@@H](c2ccccc2)C1. The molecule has 0 saturated carbocycles. The molecule has 1 heterocycles. The first-order valence-corrected chi connectivity index (χ1v) is 7.34. The van der Waals surface area contributed by atoms with E-state index in [9.17, 15) is 9.18 Å². The lowest BCUT2D eigenvalue weighted by Crippen LogP contribution is -2.39. The average Bonchev–Trinajstić information content (AvgIpc) is 2.56. The first kappa shape index (κ1) is 13.8. The van der Waals surface area contributed by atoms with E-state index in [2.05, 4.69) is 12.1 Å². The minimum Gasteiger partial charge on any atom is -0.338 e. The second-order valence-electron chi connectivity index (χ2n) is 5.48.